The number of ether oxygens (including phenoxy) is 2. The fraction of sp³-hybridized carbons (Fsp3) is 0.440. The van der Waals surface area contributed by atoms with Gasteiger partial charge >= 0.3 is 0 Å². The lowest BCUT2D eigenvalue weighted by molar-refractivity contribution is 0.0715. The van der Waals surface area contributed by atoms with Crippen molar-refractivity contribution in [2.75, 3.05) is 38.4 Å². The van der Waals surface area contributed by atoms with Gasteiger partial charge in [0, 0.05) is 12.5 Å². The number of rotatable bonds is 10. The van der Waals surface area contributed by atoms with E-state index >= 15 is 0 Å². The zero-order chi connectivity index (χ0) is 23.3. The minimum absolute atomic E-state index is 0.0000265. The number of fused-ring (bicyclic) bond motifs is 1. The van der Waals surface area contributed by atoms with Crippen molar-refractivity contribution in [3.8, 4) is 11.5 Å². The first-order valence-electron chi connectivity index (χ1n) is 11.1. The van der Waals surface area contributed by atoms with Crippen LogP contribution in [0.4, 0.5) is 5.69 Å². The third kappa shape index (κ3) is 5.51. The highest BCUT2D eigenvalue weighted by atomic mass is 32.1. The van der Waals surface area contributed by atoms with Gasteiger partial charge in [0.15, 0.2) is 0 Å². The highest BCUT2D eigenvalue weighted by Gasteiger charge is 2.28. The number of carbonyl (C=O) groups excluding carboxylic acids is 1. The molecule has 0 aromatic heterocycles. The van der Waals surface area contributed by atoms with E-state index in [9.17, 15) is 4.79 Å². The van der Waals surface area contributed by atoms with Crippen molar-refractivity contribution < 1.29 is 14.3 Å². The summed E-state index contributed by atoms with van der Waals surface area (Å²) in [6, 6.07) is 13.7. The number of thiocarbonyl (C=S) groups is 1. The summed E-state index contributed by atoms with van der Waals surface area (Å²) in [5, 5.41) is 0. The van der Waals surface area contributed by atoms with Crippen molar-refractivity contribution >= 4 is 28.8 Å². The number of benzene rings is 2. The molecule has 7 heteroatoms. The third-order valence-corrected chi connectivity index (χ3v) is 6.27. The molecule has 0 bridgehead atoms. The largest absolute Gasteiger partial charge is 0.497 e. The van der Waals surface area contributed by atoms with E-state index in [0.29, 0.717) is 42.0 Å². The maximum absolute atomic E-state index is 13.0. The van der Waals surface area contributed by atoms with E-state index in [1.54, 1.807) is 7.11 Å². The Labute approximate surface area is 196 Å². The van der Waals surface area contributed by atoms with Gasteiger partial charge in [-0.2, -0.15) is 0 Å². The van der Waals surface area contributed by atoms with E-state index in [1.807, 2.05) is 35.2 Å². The second kappa shape index (κ2) is 10.7. The van der Waals surface area contributed by atoms with Crippen molar-refractivity contribution in [2.24, 2.45) is 17.6 Å². The summed E-state index contributed by atoms with van der Waals surface area (Å²) in [6.45, 7) is 8.64. The molecule has 0 radical (unpaired) electrons. The number of amides is 1. The summed E-state index contributed by atoms with van der Waals surface area (Å²) < 4.78 is 11.2. The normalized spacial score (nSPS) is 14.3. The molecule has 1 aliphatic heterocycles. The number of carbonyl (C=O) groups is 1. The van der Waals surface area contributed by atoms with Crippen LogP contribution in [-0.4, -0.2) is 49.3 Å². The summed E-state index contributed by atoms with van der Waals surface area (Å²) in [5.41, 5.74) is 8.69. The van der Waals surface area contributed by atoms with Gasteiger partial charge < -0.3 is 25.0 Å². The highest BCUT2D eigenvalue weighted by Crippen LogP contribution is 2.30. The van der Waals surface area contributed by atoms with E-state index in [-0.39, 0.29) is 11.8 Å². The van der Waals surface area contributed by atoms with Gasteiger partial charge in [-0.25, -0.2) is 0 Å². The first-order chi connectivity index (χ1) is 15.3. The van der Waals surface area contributed by atoms with Crippen LogP contribution in [0.15, 0.2) is 42.5 Å². The Morgan fingerprint density at radius 3 is 2.41 bits per heavy atom. The Kier molecular flexibility index (Phi) is 7.96. The van der Waals surface area contributed by atoms with Crippen LogP contribution in [0.2, 0.25) is 0 Å². The van der Waals surface area contributed by atoms with Crippen LogP contribution < -0.4 is 20.1 Å². The van der Waals surface area contributed by atoms with Crippen LogP contribution in [0.5, 0.6) is 11.5 Å². The molecule has 0 saturated heterocycles. The Morgan fingerprint density at radius 2 is 1.81 bits per heavy atom. The number of nitrogens with zero attached hydrogens (tertiary/aromatic N) is 2. The summed E-state index contributed by atoms with van der Waals surface area (Å²) >= 11 is 5.21. The Hall–Kier alpha value is -2.80. The molecule has 0 aliphatic carbocycles. The van der Waals surface area contributed by atoms with Crippen LogP contribution in [0.1, 0.15) is 36.7 Å². The predicted octanol–water partition coefficient (Wildman–Crippen LogP) is 4.11. The second-order valence-electron chi connectivity index (χ2n) is 8.40. The molecule has 172 valence electrons. The summed E-state index contributed by atoms with van der Waals surface area (Å²) in [7, 11) is 1.61. The average molecular weight is 456 g/mol. The van der Waals surface area contributed by atoms with Gasteiger partial charge in [0.1, 0.15) is 18.1 Å². The first kappa shape index (κ1) is 23.9. The molecule has 1 unspecified atom stereocenters. The lowest BCUT2D eigenvalue weighted by atomic mass is 9.89. The fourth-order valence-electron chi connectivity index (χ4n) is 3.96. The lowest BCUT2D eigenvalue weighted by Crippen LogP contribution is -2.48. The molecule has 0 saturated carbocycles. The zero-order valence-electron chi connectivity index (χ0n) is 19.3. The van der Waals surface area contributed by atoms with Gasteiger partial charge in [0.05, 0.1) is 36.6 Å². The van der Waals surface area contributed by atoms with Gasteiger partial charge in [0.2, 0.25) is 0 Å². The van der Waals surface area contributed by atoms with Gasteiger partial charge in [-0.05, 0) is 55.2 Å². The van der Waals surface area contributed by atoms with E-state index in [1.165, 1.54) is 5.56 Å². The van der Waals surface area contributed by atoms with Crippen molar-refractivity contribution in [3.05, 3.63) is 53.6 Å². The van der Waals surface area contributed by atoms with Gasteiger partial charge in [-0.1, -0.05) is 38.2 Å². The van der Waals surface area contributed by atoms with Crippen LogP contribution in [0, 0.1) is 11.8 Å². The molecule has 6 nitrogen and oxygen atoms in total. The number of hydrogen-bond donors (Lipinski definition) is 1. The third-order valence-electron chi connectivity index (χ3n) is 5.96. The van der Waals surface area contributed by atoms with E-state index in [0.717, 1.165) is 24.4 Å². The predicted molar refractivity (Wildman–Crippen MR) is 133 cm³/mol. The van der Waals surface area contributed by atoms with Gasteiger partial charge in [0.25, 0.3) is 5.91 Å². The standard InChI is InChI=1S/C25H33N3O3S/c1-5-27-16-28(25(29)22-15-20(30-4)10-11-23(22)27)12-13-31-19-8-6-18(7-9-19)14-21(17(2)3)24(26)32/h6-11,15,17,21H,5,12-14,16H2,1-4H3,(H2,26,32). The fourth-order valence-corrected chi connectivity index (χ4v) is 4.32. The van der Waals surface area contributed by atoms with Crippen LogP contribution in [0.3, 0.4) is 0 Å². The molecular weight excluding hydrogens is 422 g/mol. The summed E-state index contributed by atoms with van der Waals surface area (Å²) in [6.07, 6.45) is 0.825. The monoisotopic (exact) mass is 455 g/mol. The maximum Gasteiger partial charge on any atom is 0.257 e. The van der Waals surface area contributed by atoms with Crippen molar-refractivity contribution in [1.29, 1.82) is 0 Å². The molecule has 1 amide bonds. The average Bonchev–Trinajstić information content (AvgIpc) is 2.79. The smallest absolute Gasteiger partial charge is 0.257 e. The Balaban J connectivity index is 1.59. The van der Waals surface area contributed by atoms with Crippen molar-refractivity contribution in [3.63, 3.8) is 0 Å². The first-order valence-corrected chi connectivity index (χ1v) is 11.5. The molecule has 1 aliphatic rings. The minimum atomic E-state index is 0.0000265. The minimum Gasteiger partial charge on any atom is -0.497 e. The quantitative estimate of drug-likeness (QED) is 0.544. The van der Waals surface area contributed by atoms with E-state index in [2.05, 4.69) is 37.8 Å². The molecule has 0 spiro atoms. The van der Waals surface area contributed by atoms with Crippen LogP contribution in [0.25, 0.3) is 0 Å². The molecule has 2 aromatic carbocycles. The molecular formula is C25H33N3O3S. The van der Waals surface area contributed by atoms with Crippen molar-refractivity contribution in [1.82, 2.24) is 4.90 Å². The number of nitrogens with two attached hydrogens (primary N) is 1. The van der Waals surface area contributed by atoms with Gasteiger partial charge in [-0.15, -0.1) is 0 Å². The molecule has 2 N–H and O–H groups in total. The lowest BCUT2D eigenvalue weighted by Gasteiger charge is -2.37. The van der Waals surface area contributed by atoms with Crippen molar-refractivity contribution in [2.45, 2.75) is 27.2 Å². The molecule has 32 heavy (non-hydrogen) atoms. The maximum atomic E-state index is 13.0. The molecule has 2 aromatic rings. The summed E-state index contributed by atoms with van der Waals surface area (Å²) in [4.78, 5) is 17.6. The summed E-state index contributed by atoms with van der Waals surface area (Å²) in [5.74, 6) is 2.05. The number of hydrogen-bond acceptors (Lipinski definition) is 5. The van der Waals surface area contributed by atoms with E-state index < -0.39 is 0 Å². The van der Waals surface area contributed by atoms with E-state index in [4.69, 9.17) is 27.4 Å². The molecule has 1 heterocycles. The van der Waals surface area contributed by atoms with Gasteiger partial charge in [-0.3, -0.25) is 4.79 Å². The molecule has 1 atom stereocenters. The zero-order valence-corrected chi connectivity index (χ0v) is 20.2. The highest BCUT2D eigenvalue weighted by molar-refractivity contribution is 7.80. The Bertz CT molecular complexity index is 946. The topological polar surface area (TPSA) is 68.0 Å². The second-order valence-corrected chi connectivity index (χ2v) is 8.87. The molecule has 0 fully saturated rings. The van der Waals surface area contributed by atoms with Crippen LogP contribution >= 0.6 is 12.2 Å². The SMILES string of the molecule is CCN1CN(CCOc2ccc(CC(C(N)=S)C(C)C)cc2)C(=O)c2cc(OC)ccc21. The molecule has 3 rings (SSSR count). The van der Waals surface area contributed by atoms with Crippen LogP contribution in [-0.2, 0) is 6.42 Å². The Morgan fingerprint density at radius 1 is 1.12 bits per heavy atom. The number of methoxy groups -OCH3 is 1. The number of anilines is 1.